The fourth-order valence-electron chi connectivity index (χ4n) is 2.95. The monoisotopic (exact) mass is 554 g/mol. The molecule has 8 heteroatoms. The zero-order chi connectivity index (χ0) is 15.3. The van der Waals surface area contributed by atoms with E-state index in [2.05, 4.69) is 11.8 Å². The molecule has 0 saturated carbocycles. The van der Waals surface area contributed by atoms with Crippen LogP contribution in [0.2, 0.25) is 0 Å². The van der Waals surface area contributed by atoms with E-state index in [0.29, 0.717) is 26.4 Å². The van der Waals surface area contributed by atoms with Crippen LogP contribution in [0.4, 0.5) is 0 Å². The second kappa shape index (κ2) is 9.92. The van der Waals surface area contributed by atoms with Gasteiger partial charge in [0.2, 0.25) is 6.54 Å². The molecule has 0 amide bonds. The maximum absolute atomic E-state index is 6.76. The first-order valence-electron chi connectivity index (χ1n) is 7.16. The maximum atomic E-state index is 6.76. The summed E-state index contributed by atoms with van der Waals surface area (Å²) in [4.78, 5) is 3.27. The third-order valence-electron chi connectivity index (χ3n) is 4.04. The average Bonchev–Trinajstić information content (AvgIpc) is 2.71. The smallest absolute Gasteiger partial charge is 0.238 e. The van der Waals surface area contributed by atoms with Crippen molar-refractivity contribution in [2.45, 2.75) is 31.2 Å². The van der Waals surface area contributed by atoms with E-state index in [4.69, 9.17) is 29.8 Å². The van der Waals surface area contributed by atoms with Crippen molar-refractivity contribution < 1.29 is 54.4 Å². The van der Waals surface area contributed by atoms with Crippen LogP contribution in [0.1, 0.15) is 13.3 Å². The number of methoxy groups -OCH3 is 1. The summed E-state index contributed by atoms with van der Waals surface area (Å²) in [5.74, 6) is 0.138. The van der Waals surface area contributed by atoms with E-state index in [1.54, 1.807) is 13.7 Å². The summed E-state index contributed by atoms with van der Waals surface area (Å²) < 4.78 is 28.8. The van der Waals surface area contributed by atoms with E-state index in [-0.39, 0.29) is 49.2 Å². The van der Waals surface area contributed by atoms with Crippen molar-refractivity contribution in [1.82, 2.24) is 0 Å². The minimum absolute atomic E-state index is 0. The van der Waals surface area contributed by atoms with Gasteiger partial charge < -0.3 is 28.1 Å². The fraction of sp³-hybridized carbons (Fsp3) is 0.857. The molecule has 2 aliphatic rings. The van der Waals surface area contributed by atoms with Gasteiger partial charge in [-0.25, -0.2) is 6.57 Å². The van der Waals surface area contributed by atoms with Gasteiger partial charge in [0, 0.05) is 50.8 Å². The van der Waals surface area contributed by atoms with Crippen LogP contribution in [-0.2, 0) is 23.3 Å². The standard InChI is InChI=1S/C14H23NO5P.U/c1-5-14-11(8-16-3)9-17-12(10-18-14)13(14)20-21(4)19-7-6-15-2;/h10-13H,5-9H2,1,3-4H3;/q-1;/t11-,12+,13+,14+,21?;/m1./s1. The van der Waals surface area contributed by atoms with Crippen LogP contribution in [0, 0.1) is 50.2 Å². The molecule has 2 saturated heterocycles. The Morgan fingerprint density at radius 2 is 2.27 bits per heavy atom. The van der Waals surface area contributed by atoms with Crippen molar-refractivity contribution in [2.75, 3.05) is 40.1 Å². The first-order chi connectivity index (χ1) is 10.2. The molecule has 0 N–H and O–H groups in total. The topological polar surface area (TPSA) is 50.5 Å². The molecule has 2 fully saturated rings. The summed E-state index contributed by atoms with van der Waals surface area (Å²) in [5, 5.41) is 0. The summed E-state index contributed by atoms with van der Waals surface area (Å²) in [6.07, 6.45) is 0.487. The molecule has 2 aliphatic heterocycles. The van der Waals surface area contributed by atoms with Gasteiger partial charge in [-0.2, -0.15) is 6.61 Å². The molecule has 2 rings (SSSR count). The molecule has 2 bridgehead atoms. The van der Waals surface area contributed by atoms with Crippen LogP contribution < -0.4 is 0 Å². The van der Waals surface area contributed by atoms with Gasteiger partial charge >= 0.3 is 0 Å². The molecule has 0 aromatic heterocycles. The first kappa shape index (κ1) is 20.8. The Bertz CT molecular complexity index is 383. The molecular formula is C14H23NO5PU-. The third kappa shape index (κ3) is 4.44. The van der Waals surface area contributed by atoms with Crippen LogP contribution in [-0.4, -0.2) is 57.9 Å². The predicted octanol–water partition coefficient (Wildman–Crippen LogP) is 2.25. The van der Waals surface area contributed by atoms with E-state index in [1.165, 1.54) is 0 Å². The Labute approximate surface area is 157 Å². The number of nitrogens with zero attached hydrogens (tertiary/aromatic N) is 1. The average molecular weight is 554 g/mol. The summed E-state index contributed by atoms with van der Waals surface area (Å²) in [5.41, 5.74) is -0.404. The molecule has 5 atom stereocenters. The van der Waals surface area contributed by atoms with E-state index in [0.717, 1.165) is 6.42 Å². The number of hydrogen-bond donors (Lipinski definition) is 0. The second-order valence-corrected chi connectivity index (χ2v) is 6.54. The van der Waals surface area contributed by atoms with E-state index in [1.807, 2.05) is 6.66 Å². The van der Waals surface area contributed by atoms with Gasteiger partial charge in [0.1, 0.15) is 6.61 Å². The largest absolute Gasteiger partial charge is 0.543 e. The maximum Gasteiger partial charge on any atom is 0.238 e. The molecule has 0 radical (unpaired) electrons. The van der Waals surface area contributed by atoms with Crippen LogP contribution >= 0.6 is 8.38 Å². The second-order valence-electron chi connectivity index (χ2n) is 5.19. The van der Waals surface area contributed by atoms with Gasteiger partial charge in [0.25, 0.3) is 0 Å². The Morgan fingerprint density at radius 1 is 1.50 bits per heavy atom. The minimum Gasteiger partial charge on any atom is -0.543 e. The van der Waals surface area contributed by atoms with Crippen molar-refractivity contribution in [3.63, 3.8) is 0 Å². The summed E-state index contributed by atoms with van der Waals surface area (Å²) in [7, 11) is 0.626. The summed E-state index contributed by atoms with van der Waals surface area (Å²) in [6, 6.07) is 0. The zero-order valence-electron chi connectivity index (χ0n) is 13.3. The van der Waals surface area contributed by atoms with E-state index >= 15 is 0 Å². The predicted molar refractivity (Wildman–Crippen MR) is 78.7 cm³/mol. The van der Waals surface area contributed by atoms with E-state index in [9.17, 15) is 0 Å². The Balaban J connectivity index is 0.00000242. The number of hydrogen-bond acceptors (Lipinski definition) is 5. The number of rotatable bonds is 8. The van der Waals surface area contributed by atoms with Crippen LogP contribution in [0.3, 0.4) is 0 Å². The van der Waals surface area contributed by atoms with Crippen molar-refractivity contribution in [3.05, 3.63) is 18.0 Å². The van der Waals surface area contributed by atoms with Crippen molar-refractivity contribution in [3.8, 4) is 0 Å². The minimum atomic E-state index is -1.06. The first-order valence-corrected chi connectivity index (χ1v) is 8.78. The molecule has 0 spiro atoms. The molecule has 6 nitrogen and oxygen atoms in total. The number of fused-ring (bicyclic) bond motifs is 2. The number of ether oxygens (including phenoxy) is 3. The van der Waals surface area contributed by atoms with Crippen molar-refractivity contribution >= 4 is 8.38 Å². The molecule has 0 aliphatic carbocycles. The van der Waals surface area contributed by atoms with Gasteiger partial charge in [-0.15, -0.1) is 0 Å². The van der Waals surface area contributed by atoms with Crippen LogP contribution in [0.5, 0.6) is 0 Å². The van der Waals surface area contributed by atoms with Gasteiger partial charge in [0.05, 0.1) is 24.9 Å². The Hall–Kier alpha value is 0.772. The molecular weight excluding hydrogens is 531 g/mol. The third-order valence-corrected chi connectivity index (χ3v) is 5.11. The Morgan fingerprint density at radius 3 is 2.91 bits per heavy atom. The zero-order valence-corrected chi connectivity index (χ0v) is 18.3. The fourth-order valence-corrected chi connectivity index (χ4v) is 3.97. The quantitative estimate of drug-likeness (QED) is 0.262. The Kier molecular flexibility index (Phi) is 9.39. The van der Waals surface area contributed by atoms with E-state index < -0.39 is 14.0 Å². The summed E-state index contributed by atoms with van der Waals surface area (Å²) in [6.45, 7) is 14.4. The molecule has 22 heavy (non-hydrogen) atoms. The normalized spacial score (nSPS) is 34.7. The molecule has 124 valence electrons. The van der Waals surface area contributed by atoms with Gasteiger partial charge in [-0.05, 0) is 12.5 Å². The van der Waals surface area contributed by atoms with Crippen molar-refractivity contribution in [1.29, 1.82) is 0 Å². The summed E-state index contributed by atoms with van der Waals surface area (Å²) >= 11 is 0. The van der Waals surface area contributed by atoms with Gasteiger partial charge in [-0.1, -0.05) is 6.92 Å². The van der Waals surface area contributed by atoms with Gasteiger partial charge in [-0.3, -0.25) is 0 Å². The molecule has 1 unspecified atom stereocenters. The van der Waals surface area contributed by atoms with Crippen LogP contribution in [0.15, 0.2) is 0 Å². The SMILES string of the molecule is [C-]#[N+]CCOP(C)O[C@H]1[C@@H]2[CH-]O[C@@]1(CC)[C@H](COC)CO2.[U]. The molecule has 0 aromatic rings. The molecule has 2 heterocycles. The van der Waals surface area contributed by atoms with Crippen molar-refractivity contribution in [2.24, 2.45) is 5.92 Å². The molecule has 0 aromatic carbocycles. The van der Waals surface area contributed by atoms with Crippen LogP contribution in [0.25, 0.3) is 4.85 Å². The van der Waals surface area contributed by atoms with Gasteiger partial charge in [0.15, 0.2) is 8.38 Å².